The number of nitrogens with zero attached hydrogens (tertiary/aromatic N) is 3. The second-order valence-corrected chi connectivity index (χ2v) is 8.31. The first kappa shape index (κ1) is 18.2. The molecule has 3 heterocycles. The molecule has 1 aromatic carbocycles. The second-order valence-electron chi connectivity index (χ2n) is 7.46. The molecule has 0 saturated heterocycles. The zero-order valence-electron chi connectivity index (χ0n) is 16.0. The summed E-state index contributed by atoms with van der Waals surface area (Å²) < 4.78 is 0. The number of benzene rings is 1. The first-order valence-electron chi connectivity index (χ1n) is 9.98. The number of rotatable bonds is 4. The standard InChI is InChI=1S/C23H22N4OS/c28-17-11-9-16(10-12-17)25-22-20-18(15-6-2-1-3-7-15)14-29-23(20)27-21(26-22)19-8-4-5-13-24-19/h1-8,13-14,16-17,28H,9-12H2,(H,25,26,27). The van der Waals surface area contributed by atoms with E-state index >= 15 is 0 Å². The molecule has 0 atom stereocenters. The molecule has 1 aliphatic carbocycles. The van der Waals surface area contributed by atoms with E-state index < -0.39 is 0 Å². The van der Waals surface area contributed by atoms with Gasteiger partial charge in [-0.25, -0.2) is 9.97 Å². The van der Waals surface area contributed by atoms with Crippen molar-refractivity contribution in [1.29, 1.82) is 0 Å². The summed E-state index contributed by atoms with van der Waals surface area (Å²) in [5, 5.41) is 16.7. The molecule has 5 rings (SSSR count). The fraction of sp³-hybridized carbons (Fsp3) is 0.261. The highest BCUT2D eigenvalue weighted by Crippen LogP contribution is 2.38. The van der Waals surface area contributed by atoms with E-state index in [0.29, 0.717) is 11.9 Å². The Morgan fingerprint density at radius 3 is 2.48 bits per heavy atom. The van der Waals surface area contributed by atoms with Crippen LogP contribution in [0.5, 0.6) is 0 Å². The van der Waals surface area contributed by atoms with Crippen molar-refractivity contribution in [2.24, 2.45) is 0 Å². The van der Waals surface area contributed by atoms with Crippen LogP contribution in [0.4, 0.5) is 5.82 Å². The Morgan fingerprint density at radius 2 is 1.72 bits per heavy atom. The van der Waals surface area contributed by atoms with E-state index in [1.807, 2.05) is 24.3 Å². The number of nitrogens with one attached hydrogen (secondary N) is 1. The van der Waals surface area contributed by atoms with E-state index in [-0.39, 0.29) is 6.10 Å². The molecule has 0 bridgehead atoms. The lowest BCUT2D eigenvalue weighted by Crippen LogP contribution is -2.28. The number of fused-ring (bicyclic) bond motifs is 1. The minimum atomic E-state index is -0.177. The van der Waals surface area contributed by atoms with Crippen molar-refractivity contribution < 1.29 is 5.11 Å². The van der Waals surface area contributed by atoms with Gasteiger partial charge in [0.15, 0.2) is 5.82 Å². The van der Waals surface area contributed by atoms with E-state index in [1.165, 1.54) is 0 Å². The number of hydrogen-bond acceptors (Lipinski definition) is 6. The predicted octanol–water partition coefficient (Wildman–Crippen LogP) is 5.14. The van der Waals surface area contributed by atoms with Crippen LogP contribution < -0.4 is 5.32 Å². The maximum absolute atomic E-state index is 9.86. The van der Waals surface area contributed by atoms with E-state index in [1.54, 1.807) is 17.5 Å². The van der Waals surface area contributed by atoms with Crippen LogP contribution in [0.25, 0.3) is 32.9 Å². The zero-order valence-corrected chi connectivity index (χ0v) is 16.8. The van der Waals surface area contributed by atoms with Crippen LogP contribution in [0.15, 0.2) is 60.1 Å². The molecule has 0 amide bonds. The third-order valence-corrected chi connectivity index (χ3v) is 6.32. The molecule has 1 fully saturated rings. The van der Waals surface area contributed by atoms with Gasteiger partial charge in [0.1, 0.15) is 16.3 Å². The van der Waals surface area contributed by atoms with Crippen LogP contribution in [0.3, 0.4) is 0 Å². The molecule has 0 radical (unpaired) electrons. The van der Waals surface area contributed by atoms with Gasteiger partial charge in [0.2, 0.25) is 0 Å². The van der Waals surface area contributed by atoms with Crippen LogP contribution >= 0.6 is 11.3 Å². The third-order valence-electron chi connectivity index (χ3n) is 5.45. The SMILES string of the molecule is OC1CCC(Nc2nc(-c3ccccn3)nc3scc(-c4ccccc4)c23)CC1. The van der Waals surface area contributed by atoms with Crippen molar-refractivity contribution in [2.75, 3.05) is 5.32 Å². The molecule has 1 saturated carbocycles. The van der Waals surface area contributed by atoms with Crippen LogP contribution in [0.2, 0.25) is 0 Å². The number of anilines is 1. The van der Waals surface area contributed by atoms with Crippen molar-refractivity contribution in [2.45, 2.75) is 37.8 Å². The highest BCUT2D eigenvalue weighted by atomic mass is 32.1. The van der Waals surface area contributed by atoms with Gasteiger partial charge in [0, 0.05) is 23.2 Å². The predicted molar refractivity (Wildman–Crippen MR) is 118 cm³/mol. The Hall–Kier alpha value is -2.83. The molecule has 146 valence electrons. The maximum atomic E-state index is 9.86. The first-order chi connectivity index (χ1) is 14.3. The number of aliphatic hydroxyl groups is 1. The van der Waals surface area contributed by atoms with Crippen LogP contribution in [-0.4, -0.2) is 32.2 Å². The lowest BCUT2D eigenvalue weighted by molar-refractivity contribution is 0.126. The monoisotopic (exact) mass is 402 g/mol. The number of aliphatic hydroxyl groups excluding tert-OH is 1. The van der Waals surface area contributed by atoms with Crippen LogP contribution in [-0.2, 0) is 0 Å². The van der Waals surface area contributed by atoms with Crippen molar-refractivity contribution in [3.8, 4) is 22.6 Å². The average Bonchev–Trinajstić information content (AvgIpc) is 3.21. The lowest BCUT2D eigenvalue weighted by atomic mass is 9.93. The fourth-order valence-corrected chi connectivity index (χ4v) is 4.85. The van der Waals surface area contributed by atoms with Gasteiger partial charge in [0.05, 0.1) is 11.5 Å². The minimum absolute atomic E-state index is 0.177. The number of thiophene rings is 1. The number of hydrogen-bond donors (Lipinski definition) is 2. The van der Waals surface area contributed by atoms with E-state index in [2.05, 4.69) is 39.9 Å². The Balaban J connectivity index is 1.62. The smallest absolute Gasteiger partial charge is 0.181 e. The highest BCUT2D eigenvalue weighted by Gasteiger charge is 2.22. The molecule has 4 aromatic rings. The molecule has 3 aromatic heterocycles. The lowest BCUT2D eigenvalue weighted by Gasteiger charge is -2.27. The molecule has 0 aliphatic heterocycles. The van der Waals surface area contributed by atoms with Crippen molar-refractivity contribution in [1.82, 2.24) is 15.0 Å². The topological polar surface area (TPSA) is 70.9 Å². The number of pyridine rings is 1. The summed E-state index contributed by atoms with van der Waals surface area (Å²) >= 11 is 1.64. The van der Waals surface area contributed by atoms with Gasteiger partial charge in [-0.15, -0.1) is 11.3 Å². The Kier molecular flexibility index (Phi) is 4.96. The zero-order chi connectivity index (χ0) is 19.6. The number of aromatic nitrogens is 3. The van der Waals surface area contributed by atoms with E-state index in [0.717, 1.165) is 58.5 Å². The fourth-order valence-electron chi connectivity index (χ4n) is 3.90. The normalized spacial score (nSPS) is 19.3. The highest BCUT2D eigenvalue weighted by molar-refractivity contribution is 7.17. The maximum Gasteiger partial charge on any atom is 0.181 e. The summed E-state index contributed by atoms with van der Waals surface area (Å²) in [5.41, 5.74) is 3.08. The van der Waals surface area contributed by atoms with Gasteiger partial charge in [-0.1, -0.05) is 36.4 Å². The summed E-state index contributed by atoms with van der Waals surface area (Å²) in [6.07, 6.45) is 5.13. The van der Waals surface area contributed by atoms with Gasteiger partial charge >= 0.3 is 0 Å². The van der Waals surface area contributed by atoms with Crippen molar-refractivity contribution >= 4 is 27.4 Å². The molecule has 1 aliphatic rings. The van der Waals surface area contributed by atoms with E-state index in [4.69, 9.17) is 9.97 Å². The van der Waals surface area contributed by atoms with Gasteiger partial charge in [-0.05, 0) is 43.4 Å². The molecule has 0 spiro atoms. The quantitative estimate of drug-likeness (QED) is 0.495. The Labute approximate surface area is 173 Å². The minimum Gasteiger partial charge on any atom is -0.393 e. The molecular weight excluding hydrogens is 380 g/mol. The average molecular weight is 403 g/mol. The summed E-state index contributed by atoms with van der Waals surface area (Å²) in [6.45, 7) is 0. The molecule has 6 heteroatoms. The van der Waals surface area contributed by atoms with Crippen molar-refractivity contribution in [3.05, 3.63) is 60.1 Å². The summed E-state index contributed by atoms with van der Waals surface area (Å²) in [5.74, 6) is 1.50. The Bertz CT molecular complexity index is 1110. The van der Waals surface area contributed by atoms with Crippen LogP contribution in [0.1, 0.15) is 25.7 Å². The van der Waals surface area contributed by atoms with Crippen LogP contribution in [0, 0.1) is 0 Å². The molecule has 29 heavy (non-hydrogen) atoms. The van der Waals surface area contributed by atoms with Crippen molar-refractivity contribution in [3.63, 3.8) is 0 Å². The summed E-state index contributed by atoms with van der Waals surface area (Å²) in [4.78, 5) is 15.1. The molecule has 5 nitrogen and oxygen atoms in total. The van der Waals surface area contributed by atoms with Gasteiger partial charge in [0.25, 0.3) is 0 Å². The third kappa shape index (κ3) is 3.73. The first-order valence-corrected chi connectivity index (χ1v) is 10.9. The largest absolute Gasteiger partial charge is 0.393 e. The summed E-state index contributed by atoms with van der Waals surface area (Å²) in [7, 11) is 0. The molecular formula is C23H22N4OS. The van der Waals surface area contributed by atoms with E-state index in [9.17, 15) is 5.11 Å². The van der Waals surface area contributed by atoms with Gasteiger partial charge < -0.3 is 10.4 Å². The van der Waals surface area contributed by atoms with Gasteiger partial charge in [-0.3, -0.25) is 4.98 Å². The molecule has 2 N–H and O–H groups in total. The van der Waals surface area contributed by atoms with Gasteiger partial charge in [-0.2, -0.15) is 0 Å². The second kappa shape index (κ2) is 7.89. The molecule has 0 unspecified atom stereocenters. The summed E-state index contributed by atoms with van der Waals surface area (Å²) in [6, 6.07) is 16.5. The Morgan fingerprint density at radius 1 is 0.931 bits per heavy atom.